The summed E-state index contributed by atoms with van der Waals surface area (Å²) in [4.78, 5) is 11.8. The Labute approximate surface area is 92.9 Å². The molecule has 0 atom stereocenters. The van der Waals surface area contributed by atoms with E-state index < -0.39 is 0 Å². The molecule has 5 nitrogen and oxygen atoms in total. The molecule has 0 spiro atoms. The molecule has 0 fully saturated rings. The largest absolute Gasteiger partial charge is 0.385 e. The molecule has 3 N–H and O–H groups in total. The predicted molar refractivity (Wildman–Crippen MR) is 62.5 cm³/mol. The first-order valence-corrected chi connectivity index (χ1v) is 4.89. The van der Waals surface area contributed by atoms with Gasteiger partial charge in [0.05, 0.1) is 11.9 Å². The van der Waals surface area contributed by atoms with Gasteiger partial charge < -0.3 is 10.6 Å². The minimum atomic E-state index is -0.215. The van der Waals surface area contributed by atoms with Crippen LogP contribution < -0.4 is 10.6 Å². The zero-order valence-corrected chi connectivity index (χ0v) is 8.82. The van der Waals surface area contributed by atoms with Gasteiger partial charge in [-0.1, -0.05) is 18.2 Å². The monoisotopic (exact) mass is 216 g/mol. The lowest BCUT2D eigenvalue weighted by atomic mass is 10.3. The summed E-state index contributed by atoms with van der Waals surface area (Å²) in [6, 6.07) is 9.27. The number of H-pyrrole nitrogens is 1. The number of anilines is 2. The van der Waals surface area contributed by atoms with Crippen molar-refractivity contribution in [1.82, 2.24) is 10.2 Å². The second-order valence-corrected chi connectivity index (χ2v) is 3.23. The number of nitrogens with one attached hydrogen (secondary N) is 3. The lowest BCUT2D eigenvalue weighted by Crippen LogP contribution is -2.14. The highest BCUT2D eigenvalue weighted by atomic mass is 16.2. The van der Waals surface area contributed by atoms with Crippen LogP contribution in [0.4, 0.5) is 11.4 Å². The van der Waals surface area contributed by atoms with Gasteiger partial charge in [0.1, 0.15) is 5.69 Å². The zero-order valence-electron chi connectivity index (χ0n) is 8.82. The Balaban J connectivity index is 2.15. The first-order chi connectivity index (χ1) is 7.81. The number of carbonyl (C=O) groups is 1. The summed E-state index contributed by atoms with van der Waals surface area (Å²) in [5.74, 6) is -0.215. The van der Waals surface area contributed by atoms with E-state index in [0.717, 1.165) is 5.69 Å². The van der Waals surface area contributed by atoms with E-state index in [0.29, 0.717) is 11.4 Å². The maximum atomic E-state index is 11.8. The highest BCUT2D eigenvalue weighted by Crippen LogP contribution is 2.13. The maximum Gasteiger partial charge on any atom is 0.275 e. The third-order valence-corrected chi connectivity index (χ3v) is 2.17. The Hall–Kier alpha value is -2.30. The van der Waals surface area contributed by atoms with Gasteiger partial charge >= 0.3 is 0 Å². The lowest BCUT2D eigenvalue weighted by Gasteiger charge is -2.04. The van der Waals surface area contributed by atoms with E-state index in [2.05, 4.69) is 20.8 Å². The molecular formula is C11H12N4O. The molecule has 16 heavy (non-hydrogen) atoms. The van der Waals surface area contributed by atoms with Crippen molar-refractivity contribution in [3.8, 4) is 0 Å². The zero-order chi connectivity index (χ0) is 11.4. The van der Waals surface area contributed by atoms with Crippen LogP contribution in [-0.2, 0) is 0 Å². The first-order valence-electron chi connectivity index (χ1n) is 4.89. The van der Waals surface area contributed by atoms with Crippen molar-refractivity contribution in [2.24, 2.45) is 0 Å². The molecule has 2 rings (SSSR count). The number of nitrogens with zero attached hydrogens (tertiary/aromatic N) is 1. The number of carbonyl (C=O) groups excluding carboxylic acids is 1. The van der Waals surface area contributed by atoms with Crippen molar-refractivity contribution < 1.29 is 4.79 Å². The third kappa shape index (κ3) is 2.03. The van der Waals surface area contributed by atoms with Crippen molar-refractivity contribution in [3.63, 3.8) is 0 Å². The molecule has 82 valence electrons. The van der Waals surface area contributed by atoms with Crippen LogP contribution in [0.15, 0.2) is 36.5 Å². The van der Waals surface area contributed by atoms with E-state index in [9.17, 15) is 4.79 Å². The van der Waals surface area contributed by atoms with Crippen LogP contribution in [0.5, 0.6) is 0 Å². The van der Waals surface area contributed by atoms with Crippen LogP contribution in [0.3, 0.4) is 0 Å². The predicted octanol–water partition coefficient (Wildman–Crippen LogP) is 1.70. The molecule has 5 heteroatoms. The molecule has 1 aromatic carbocycles. The minimum Gasteiger partial charge on any atom is -0.385 e. The number of amides is 1. The average molecular weight is 216 g/mol. The molecule has 1 amide bonds. The van der Waals surface area contributed by atoms with E-state index in [1.807, 2.05) is 30.3 Å². The van der Waals surface area contributed by atoms with Crippen molar-refractivity contribution in [1.29, 1.82) is 0 Å². The molecular weight excluding hydrogens is 204 g/mol. The van der Waals surface area contributed by atoms with Gasteiger partial charge in [0, 0.05) is 12.7 Å². The summed E-state index contributed by atoms with van der Waals surface area (Å²) in [5, 5.41) is 12.1. The first kappa shape index (κ1) is 10.2. The van der Waals surface area contributed by atoms with Gasteiger partial charge in [-0.2, -0.15) is 5.10 Å². The fourth-order valence-corrected chi connectivity index (χ4v) is 1.36. The molecule has 0 unspecified atom stereocenters. The van der Waals surface area contributed by atoms with Crippen molar-refractivity contribution >= 4 is 17.3 Å². The summed E-state index contributed by atoms with van der Waals surface area (Å²) in [6.45, 7) is 0. The standard InChI is InChI=1S/C11H12N4O/c1-12-9-7-13-15-10(9)11(16)14-8-5-3-2-4-6-8/h2-7,12H,1H3,(H,13,15)(H,14,16). The molecule has 1 aromatic heterocycles. The molecule has 0 radical (unpaired) electrons. The van der Waals surface area contributed by atoms with E-state index in [1.165, 1.54) is 0 Å². The Morgan fingerprint density at radius 3 is 2.75 bits per heavy atom. The molecule has 1 heterocycles. The van der Waals surface area contributed by atoms with Crippen LogP contribution in [0.25, 0.3) is 0 Å². The van der Waals surface area contributed by atoms with Gasteiger partial charge in [-0.25, -0.2) is 0 Å². The number of hydrogen-bond donors (Lipinski definition) is 3. The fourth-order valence-electron chi connectivity index (χ4n) is 1.36. The molecule has 0 aliphatic carbocycles. The molecule has 0 aliphatic rings. The molecule has 0 aliphatic heterocycles. The highest BCUT2D eigenvalue weighted by molar-refractivity contribution is 6.06. The van der Waals surface area contributed by atoms with Crippen LogP contribution >= 0.6 is 0 Å². The maximum absolute atomic E-state index is 11.8. The van der Waals surface area contributed by atoms with Crippen LogP contribution in [0, 0.1) is 0 Å². The highest BCUT2D eigenvalue weighted by Gasteiger charge is 2.12. The number of rotatable bonds is 3. The molecule has 0 saturated carbocycles. The summed E-state index contributed by atoms with van der Waals surface area (Å²) in [5.41, 5.74) is 1.85. The SMILES string of the molecule is CNc1cn[nH]c1C(=O)Nc1ccccc1. The summed E-state index contributed by atoms with van der Waals surface area (Å²) >= 11 is 0. The molecule has 0 saturated heterocycles. The Morgan fingerprint density at radius 2 is 2.06 bits per heavy atom. The second-order valence-electron chi connectivity index (χ2n) is 3.23. The van der Waals surface area contributed by atoms with Gasteiger partial charge in [0.2, 0.25) is 0 Å². The Kier molecular flexibility index (Phi) is 2.86. The molecule has 0 bridgehead atoms. The third-order valence-electron chi connectivity index (χ3n) is 2.17. The smallest absolute Gasteiger partial charge is 0.275 e. The number of aromatic amines is 1. The molecule has 2 aromatic rings. The average Bonchev–Trinajstić information content (AvgIpc) is 2.78. The summed E-state index contributed by atoms with van der Waals surface area (Å²) in [6.07, 6.45) is 1.57. The fraction of sp³-hybridized carbons (Fsp3) is 0.0909. The van der Waals surface area contributed by atoms with Gasteiger partial charge in [-0.3, -0.25) is 9.89 Å². The van der Waals surface area contributed by atoms with Crippen LogP contribution in [0.1, 0.15) is 10.5 Å². The van der Waals surface area contributed by atoms with Crippen LogP contribution in [0.2, 0.25) is 0 Å². The van der Waals surface area contributed by atoms with Crippen LogP contribution in [-0.4, -0.2) is 23.2 Å². The lowest BCUT2D eigenvalue weighted by molar-refractivity contribution is 0.102. The Bertz CT molecular complexity index is 478. The van der Waals surface area contributed by atoms with Gasteiger partial charge in [-0.15, -0.1) is 0 Å². The number of hydrogen-bond acceptors (Lipinski definition) is 3. The number of para-hydroxylation sites is 1. The quantitative estimate of drug-likeness (QED) is 0.731. The van der Waals surface area contributed by atoms with Crippen molar-refractivity contribution in [3.05, 3.63) is 42.2 Å². The van der Waals surface area contributed by atoms with Gasteiger partial charge in [0.15, 0.2) is 0 Å². The van der Waals surface area contributed by atoms with E-state index in [4.69, 9.17) is 0 Å². The van der Waals surface area contributed by atoms with E-state index >= 15 is 0 Å². The number of aromatic nitrogens is 2. The van der Waals surface area contributed by atoms with E-state index in [1.54, 1.807) is 13.2 Å². The normalized spacial score (nSPS) is 9.81. The van der Waals surface area contributed by atoms with Gasteiger partial charge in [0.25, 0.3) is 5.91 Å². The van der Waals surface area contributed by atoms with Crippen molar-refractivity contribution in [2.45, 2.75) is 0 Å². The van der Waals surface area contributed by atoms with Crippen molar-refractivity contribution in [2.75, 3.05) is 17.7 Å². The Morgan fingerprint density at radius 1 is 1.31 bits per heavy atom. The topological polar surface area (TPSA) is 69.8 Å². The second kappa shape index (κ2) is 4.48. The minimum absolute atomic E-state index is 0.215. The summed E-state index contributed by atoms with van der Waals surface area (Å²) in [7, 11) is 1.74. The summed E-state index contributed by atoms with van der Waals surface area (Å²) < 4.78 is 0. The van der Waals surface area contributed by atoms with E-state index in [-0.39, 0.29) is 5.91 Å². The number of benzene rings is 1. The van der Waals surface area contributed by atoms with Gasteiger partial charge in [-0.05, 0) is 12.1 Å².